The molecule has 0 saturated carbocycles. The van der Waals surface area contributed by atoms with Gasteiger partial charge in [0.1, 0.15) is 6.17 Å². The van der Waals surface area contributed by atoms with Gasteiger partial charge in [-0.3, -0.25) is 9.00 Å². The zero-order valence-corrected chi connectivity index (χ0v) is 20.4. The second-order valence-corrected chi connectivity index (χ2v) is 9.16. The number of aliphatic hydroxyl groups is 1. The standard InChI is InChI=1S/C20H30ClFN2O2S.C3H6O2/c1-3-19(22)18(21)10-7-12-24(2)13-11-16(14-23)20(15-25)27(26)17-8-5-4-6-9-17;1-2-5-3-4/h3-10,16,18-20,25H,1,11-15,23H2,2H3;3H,2H2,1H3/b10-7+;. The normalized spacial score (nSPS) is 15.8. The van der Waals surface area contributed by atoms with Crippen LogP contribution in [0.2, 0.25) is 0 Å². The summed E-state index contributed by atoms with van der Waals surface area (Å²) in [5, 5.41) is 8.64. The number of nitrogens with two attached hydrogens (primary N) is 1. The smallest absolute Gasteiger partial charge is 0.293 e. The second-order valence-electron chi connectivity index (χ2n) is 6.98. The van der Waals surface area contributed by atoms with Crippen molar-refractivity contribution in [1.82, 2.24) is 4.90 Å². The van der Waals surface area contributed by atoms with Crippen LogP contribution in [0.1, 0.15) is 13.3 Å². The molecule has 0 heterocycles. The predicted octanol–water partition coefficient (Wildman–Crippen LogP) is 2.92. The zero-order chi connectivity index (χ0) is 24.4. The maximum Gasteiger partial charge on any atom is 0.293 e. The van der Waals surface area contributed by atoms with Gasteiger partial charge >= 0.3 is 0 Å². The summed E-state index contributed by atoms with van der Waals surface area (Å²) < 4.78 is 30.2. The number of aliphatic hydroxyl groups excluding tert-OH is 1. The molecule has 5 unspecified atom stereocenters. The fraction of sp³-hybridized carbons (Fsp3) is 0.522. The lowest BCUT2D eigenvalue weighted by molar-refractivity contribution is -0.128. The Labute approximate surface area is 198 Å². The molecule has 3 N–H and O–H groups in total. The summed E-state index contributed by atoms with van der Waals surface area (Å²) in [4.78, 5) is 11.9. The molecule has 0 bridgehead atoms. The van der Waals surface area contributed by atoms with Crippen molar-refractivity contribution < 1.29 is 23.2 Å². The molecular weight excluding hydrogens is 455 g/mol. The van der Waals surface area contributed by atoms with Gasteiger partial charge in [-0.25, -0.2) is 4.39 Å². The van der Waals surface area contributed by atoms with Crippen molar-refractivity contribution in [2.24, 2.45) is 11.7 Å². The maximum atomic E-state index is 13.3. The van der Waals surface area contributed by atoms with Crippen LogP contribution in [-0.2, 0) is 20.3 Å². The van der Waals surface area contributed by atoms with Gasteiger partial charge in [-0.1, -0.05) is 36.4 Å². The molecule has 0 aromatic heterocycles. The van der Waals surface area contributed by atoms with Gasteiger partial charge in [0, 0.05) is 11.4 Å². The van der Waals surface area contributed by atoms with Crippen molar-refractivity contribution in [3.05, 3.63) is 55.1 Å². The van der Waals surface area contributed by atoms with E-state index in [2.05, 4.69) is 11.3 Å². The molecule has 0 aliphatic rings. The molecule has 1 aromatic carbocycles. The van der Waals surface area contributed by atoms with E-state index in [1.54, 1.807) is 25.1 Å². The first-order chi connectivity index (χ1) is 15.4. The number of hydrogen-bond donors (Lipinski definition) is 2. The monoisotopic (exact) mass is 490 g/mol. The highest BCUT2D eigenvalue weighted by Crippen LogP contribution is 2.20. The first kappa shape index (κ1) is 30.4. The Hall–Kier alpha value is -1.58. The van der Waals surface area contributed by atoms with Crippen molar-refractivity contribution in [3.8, 4) is 0 Å². The highest BCUT2D eigenvalue weighted by molar-refractivity contribution is 7.85. The molecule has 1 aromatic rings. The third-order valence-corrected chi connectivity index (χ3v) is 6.85. The van der Waals surface area contributed by atoms with Crippen molar-refractivity contribution in [1.29, 1.82) is 0 Å². The van der Waals surface area contributed by atoms with Crippen LogP contribution in [0.5, 0.6) is 0 Å². The van der Waals surface area contributed by atoms with Gasteiger partial charge in [-0.05, 0) is 51.5 Å². The molecule has 0 spiro atoms. The molecule has 1 rings (SSSR count). The molecule has 0 amide bonds. The Bertz CT molecular complexity index is 681. The Morgan fingerprint density at radius 3 is 2.50 bits per heavy atom. The Balaban J connectivity index is 0.00000172. The number of hydrogen-bond acceptors (Lipinski definition) is 6. The summed E-state index contributed by atoms with van der Waals surface area (Å²) in [6, 6.07) is 9.12. The van der Waals surface area contributed by atoms with E-state index < -0.39 is 27.6 Å². The van der Waals surface area contributed by atoms with Crippen LogP contribution >= 0.6 is 11.6 Å². The summed E-state index contributed by atoms with van der Waals surface area (Å²) in [6.07, 6.45) is 4.04. The summed E-state index contributed by atoms with van der Waals surface area (Å²) in [6.45, 7) is 7.53. The maximum absolute atomic E-state index is 13.3. The number of ether oxygens (including phenoxy) is 1. The first-order valence-electron chi connectivity index (χ1n) is 10.4. The quantitative estimate of drug-likeness (QED) is 0.223. The number of carbonyl (C=O) groups is 1. The number of nitrogens with zero attached hydrogens (tertiary/aromatic N) is 1. The van der Waals surface area contributed by atoms with Crippen LogP contribution in [0, 0.1) is 5.92 Å². The van der Waals surface area contributed by atoms with Gasteiger partial charge in [0.25, 0.3) is 6.47 Å². The number of alkyl halides is 2. The van der Waals surface area contributed by atoms with E-state index >= 15 is 0 Å². The van der Waals surface area contributed by atoms with Gasteiger partial charge in [0.2, 0.25) is 0 Å². The fourth-order valence-electron chi connectivity index (χ4n) is 2.73. The number of likely N-dealkylation sites (N-methyl/N-ethyl adjacent to an activating group) is 1. The summed E-state index contributed by atoms with van der Waals surface area (Å²) in [5.41, 5.74) is 5.89. The van der Waals surface area contributed by atoms with Crippen molar-refractivity contribution in [2.75, 3.05) is 39.9 Å². The second kappa shape index (κ2) is 18.9. The van der Waals surface area contributed by atoms with Gasteiger partial charge in [0.05, 0.1) is 34.6 Å². The molecule has 0 saturated heterocycles. The van der Waals surface area contributed by atoms with Crippen LogP contribution < -0.4 is 5.73 Å². The van der Waals surface area contributed by atoms with Crippen LogP contribution in [0.4, 0.5) is 4.39 Å². The van der Waals surface area contributed by atoms with Gasteiger partial charge < -0.3 is 20.5 Å². The van der Waals surface area contributed by atoms with E-state index in [1.165, 1.54) is 6.08 Å². The average molecular weight is 491 g/mol. The van der Waals surface area contributed by atoms with E-state index in [9.17, 15) is 18.5 Å². The van der Waals surface area contributed by atoms with Crippen molar-refractivity contribution >= 4 is 28.9 Å². The van der Waals surface area contributed by atoms with Gasteiger partial charge in [-0.15, -0.1) is 18.2 Å². The Kier molecular flexibility index (Phi) is 18.0. The van der Waals surface area contributed by atoms with E-state index in [1.807, 2.05) is 36.2 Å². The van der Waals surface area contributed by atoms with Gasteiger partial charge in [-0.2, -0.15) is 0 Å². The lowest BCUT2D eigenvalue weighted by atomic mass is 10.0. The summed E-state index contributed by atoms with van der Waals surface area (Å²) in [7, 11) is 0.619. The van der Waals surface area contributed by atoms with Crippen LogP contribution in [0.15, 0.2) is 60.0 Å². The molecule has 5 atom stereocenters. The van der Waals surface area contributed by atoms with Crippen molar-refractivity contribution in [3.63, 3.8) is 0 Å². The van der Waals surface area contributed by atoms with E-state index in [0.29, 0.717) is 44.0 Å². The van der Waals surface area contributed by atoms with Crippen LogP contribution in [-0.4, -0.2) is 77.4 Å². The summed E-state index contributed by atoms with van der Waals surface area (Å²) >= 11 is 5.89. The topological polar surface area (TPSA) is 92.9 Å². The van der Waals surface area contributed by atoms with E-state index in [0.717, 1.165) is 0 Å². The molecule has 0 aliphatic carbocycles. The molecule has 32 heavy (non-hydrogen) atoms. The fourth-order valence-corrected chi connectivity index (χ4v) is 4.44. The van der Waals surface area contributed by atoms with Crippen LogP contribution in [0.25, 0.3) is 0 Å². The minimum Gasteiger partial charge on any atom is -0.468 e. The molecule has 182 valence electrons. The molecule has 9 heteroatoms. The number of carbonyl (C=O) groups excluding carboxylic acids is 1. The molecule has 6 nitrogen and oxygen atoms in total. The van der Waals surface area contributed by atoms with E-state index in [-0.39, 0.29) is 12.5 Å². The molecule has 0 radical (unpaired) electrons. The molecular formula is C23H36ClFN2O4S. The highest BCUT2D eigenvalue weighted by atomic mass is 35.5. The Morgan fingerprint density at radius 1 is 1.38 bits per heavy atom. The minimum atomic E-state index is -1.31. The third-order valence-electron chi connectivity index (χ3n) is 4.64. The SMILES string of the molecule is C=CC(F)C(Cl)/C=C/CN(C)CCC(CN)C(CO)S(=O)c1ccccc1.CCOC=O. The zero-order valence-electron chi connectivity index (χ0n) is 18.8. The third kappa shape index (κ3) is 12.5. The number of allylic oxidation sites excluding steroid dienone is 2. The first-order valence-corrected chi connectivity index (χ1v) is 12.1. The average Bonchev–Trinajstić information content (AvgIpc) is 2.82. The van der Waals surface area contributed by atoms with Crippen molar-refractivity contribution in [2.45, 2.75) is 35.0 Å². The molecule has 0 aliphatic heterocycles. The minimum absolute atomic E-state index is 0.0702. The highest BCUT2D eigenvalue weighted by Gasteiger charge is 2.26. The largest absolute Gasteiger partial charge is 0.468 e. The van der Waals surface area contributed by atoms with E-state index in [4.69, 9.17) is 17.3 Å². The molecule has 0 fully saturated rings. The lowest BCUT2D eigenvalue weighted by Gasteiger charge is -2.26. The number of benzene rings is 1. The van der Waals surface area contributed by atoms with Gasteiger partial charge in [0.15, 0.2) is 0 Å². The Morgan fingerprint density at radius 2 is 2.03 bits per heavy atom. The number of rotatable bonds is 15. The predicted molar refractivity (Wildman–Crippen MR) is 130 cm³/mol. The van der Waals surface area contributed by atoms with Crippen LogP contribution in [0.3, 0.4) is 0 Å². The lowest BCUT2D eigenvalue weighted by Crippen LogP contribution is -2.37. The number of halogens is 2. The summed E-state index contributed by atoms with van der Waals surface area (Å²) in [5.74, 6) is -0.0702.